The Morgan fingerprint density at radius 1 is 1.60 bits per heavy atom. The Labute approximate surface area is 94.0 Å². The maximum atomic E-state index is 11.3. The SMILES string of the molecule is COC(=O)c1cc(C#CCS)ccc1N. The average Bonchev–Trinajstić information content (AvgIpc) is 2.27. The minimum atomic E-state index is -0.456. The molecule has 0 aromatic heterocycles. The van der Waals surface area contributed by atoms with Crippen LogP contribution in [0.2, 0.25) is 0 Å². The quantitative estimate of drug-likeness (QED) is 0.325. The van der Waals surface area contributed by atoms with Crippen LogP contribution in [0, 0.1) is 11.8 Å². The second-order valence-corrected chi connectivity index (χ2v) is 3.07. The fraction of sp³-hybridized carbons (Fsp3) is 0.182. The number of anilines is 1. The van der Waals surface area contributed by atoms with Gasteiger partial charge >= 0.3 is 5.97 Å². The van der Waals surface area contributed by atoms with Crippen molar-refractivity contribution in [3.8, 4) is 11.8 Å². The van der Waals surface area contributed by atoms with Crippen LogP contribution in [-0.4, -0.2) is 18.8 Å². The molecular formula is C11H11NO2S. The van der Waals surface area contributed by atoms with Crippen LogP contribution in [0.3, 0.4) is 0 Å². The molecule has 0 aliphatic rings. The highest BCUT2D eigenvalue weighted by Gasteiger charge is 2.09. The predicted octanol–water partition coefficient (Wildman–Crippen LogP) is 1.34. The molecule has 1 aromatic rings. The molecule has 0 atom stereocenters. The van der Waals surface area contributed by atoms with Crippen molar-refractivity contribution >= 4 is 24.3 Å². The Hall–Kier alpha value is -1.60. The third-order valence-corrected chi connectivity index (χ3v) is 1.93. The van der Waals surface area contributed by atoms with Gasteiger partial charge in [0.05, 0.1) is 18.4 Å². The molecule has 0 saturated heterocycles. The van der Waals surface area contributed by atoms with Crippen molar-refractivity contribution in [2.24, 2.45) is 0 Å². The van der Waals surface area contributed by atoms with Crippen molar-refractivity contribution in [1.82, 2.24) is 0 Å². The molecule has 15 heavy (non-hydrogen) atoms. The fourth-order valence-electron chi connectivity index (χ4n) is 1.06. The second kappa shape index (κ2) is 5.32. The molecule has 4 heteroatoms. The lowest BCUT2D eigenvalue weighted by Gasteiger charge is -2.03. The van der Waals surface area contributed by atoms with Gasteiger partial charge in [0.25, 0.3) is 0 Å². The van der Waals surface area contributed by atoms with Gasteiger partial charge in [-0.15, -0.1) is 0 Å². The summed E-state index contributed by atoms with van der Waals surface area (Å²) >= 11 is 3.97. The summed E-state index contributed by atoms with van der Waals surface area (Å²) in [7, 11) is 1.31. The van der Waals surface area contributed by atoms with Crippen molar-refractivity contribution in [3.05, 3.63) is 29.3 Å². The van der Waals surface area contributed by atoms with E-state index in [2.05, 4.69) is 29.2 Å². The zero-order valence-electron chi connectivity index (χ0n) is 8.28. The van der Waals surface area contributed by atoms with Crippen LogP contribution in [-0.2, 0) is 4.74 Å². The summed E-state index contributed by atoms with van der Waals surface area (Å²) in [4.78, 5) is 11.3. The topological polar surface area (TPSA) is 52.3 Å². The molecule has 0 aliphatic heterocycles. The first-order valence-corrected chi connectivity index (χ1v) is 4.90. The Morgan fingerprint density at radius 2 is 2.33 bits per heavy atom. The summed E-state index contributed by atoms with van der Waals surface area (Å²) < 4.78 is 4.59. The van der Waals surface area contributed by atoms with Crippen molar-refractivity contribution in [3.63, 3.8) is 0 Å². The fourth-order valence-corrected chi connectivity index (χ4v) is 1.14. The van der Waals surface area contributed by atoms with Gasteiger partial charge in [0.2, 0.25) is 0 Å². The van der Waals surface area contributed by atoms with Gasteiger partial charge in [0, 0.05) is 11.3 Å². The molecule has 0 bridgehead atoms. The van der Waals surface area contributed by atoms with Gasteiger partial charge in [-0.25, -0.2) is 4.79 Å². The summed E-state index contributed by atoms with van der Waals surface area (Å²) in [5.74, 6) is 5.65. The number of carbonyl (C=O) groups excluding carboxylic acids is 1. The van der Waals surface area contributed by atoms with E-state index in [9.17, 15) is 4.79 Å². The highest BCUT2D eigenvalue weighted by molar-refractivity contribution is 7.80. The van der Waals surface area contributed by atoms with Gasteiger partial charge in [-0.05, 0) is 18.2 Å². The van der Waals surface area contributed by atoms with Crippen molar-refractivity contribution in [1.29, 1.82) is 0 Å². The monoisotopic (exact) mass is 221 g/mol. The summed E-state index contributed by atoms with van der Waals surface area (Å²) in [6.07, 6.45) is 0. The molecule has 0 aliphatic carbocycles. The average molecular weight is 221 g/mol. The standard InChI is InChI=1S/C11H11NO2S/c1-14-11(13)9-7-8(3-2-6-15)4-5-10(9)12/h4-5,7,15H,6,12H2,1H3. The lowest BCUT2D eigenvalue weighted by Crippen LogP contribution is -2.05. The number of benzene rings is 1. The number of nitrogen functional groups attached to an aromatic ring is 1. The third-order valence-electron chi connectivity index (χ3n) is 1.77. The van der Waals surface area contributed by atoms with E-state index >= 15 is 0 Å². The normalized spacial score (nSPS) is 8.93. The van der Waals surface area contributed by atoms with Gasteiger partial charge in [-0.1, -0.05) is 11.8 Å². The number of esters is 1. The van der Waals surface area contributed by atoms with Gasteiger partial charge < -0.3 is 10.5 Å². The van der Waals surface area contributed by atoms with Crippen molar-refractivity contribution < 1.29 is 9.53 Å². The lowest BCUT2D eigenvalue weighted by atomic mass is 10.1. The molecule has 1 aromatic carbocycles. The second-order valence-electron chi connectivity index (χ2n) is 2.75. The highest BCUT2D eigenvalue weighted by Crippen LogP contribution is 2.14. The first-order chi connectivity index (χ1) is 7.19. The van der Waals surface area contributed by atoms with Crippen molar-refractivity contribution in [2.45, 2.75) is 0 Å². The first kappa shape index (κ1) is 11.5. The van der Waals surface area contributed by atoms with E-state index in [0.717, 1.165) is 5.56 Å². The lowest BCUT2D eigenvalue weighted by molar-refractivity contribution is 0.0602. The molecular weight excluding hydrogens is 210 g/mol. The molecule has 0 fully saturated rings. The molecule has 1 rings (SSSR count). The van der Waals surface area contributed by atoms with Crippen LogP contribution in [0.25, 0.3) is 0 Å². The predicted molar refractivity (Wildman–Crippen MR) is 62.9 cm³/mol. The minimum Gasteiger partial charge on any atom is -0.465 e. The molecule has 0 spiro atoms. The van der Waals surface area contributed by atoms with E-state index in [-0.39, 0.29) is 0 Å². The number of thiol groups is 1. The van der Waals surface area contributed by atoms with E-state index in [1.54, 1.807) is 18.2 Å². The summed E-state index contributed by atoms with van der Waals surface area (Å²) in [6.45, 7) is 0. The Morgan fingerprint density at radius 3 is 2.93 bits per heavy atom. The van der Waals surface area contributed by atoms with Gasteiger partial charge in [0.1, 0.15) is 0 Å². The van der Waals surface area contributed by atoms with Crippen LogP contribution < -0.4 is 5.73 Å². The summed E-state index contributed by atoms with van der Waals surface area (Å²) in [6, 6.07) is 4.99. The number of methoxy groups -OCH3 is 1. The first-order valence-electron chi connectivity index (χ1n) is 4.26. The maximum absolute atomic E-state index is 11.3. The zero-order valence-corrected chi connectivity index (χ0v) is 9.17. The van der Waals surface area contributed by atoms with E-state index in [1.165, 1.54) is 7.11 Å². The van der Waals surface area contributed by atoms with Crippen LogP contribution >= 0.6 is 12.6 Å². The van der Waals surface area contributed by atoms with E-state index < -0.39 is 5.97 Å². The number of nitrogens with two attached hydrogens (primary N) is 1. The molecule has 3 nitrogen and oxygen atoms in total. The van der Waals surface area contributed by atoms with Crippen LogP contribution in [0.5, 0.6) is 0 Å². The largest absolute Gasteiger partial charge is 0.465 e. The molecule has 0 saturated carbocycles. The molecule has 0 heterocycles. The molecule has 0 unspecified atom stereocenters. The van der Waals surface area contributed by atoms with Gasteiger partial charge in [-0.3, -0.25) is 0 Å². The van der Waals surface area contributed by atoms with Crippen LogP contribution in [0.4, 0.5) is 5.69 Å². The van der Waals surface area contributed by atoms with Gasteiger partial charge in [-0.2, -0.15) is 12.6 Å². The number of rotatable bonds is 1. The highest BCUT2D eigenvalue weighted by atomic mass is 32.1. The molecule has 0 amide bonds. The number of hydrogen-bond donors (Lipinski definition) is 2. The van der Waals surface area contributed by atoms with E-state index in [4.69, 9.17) is 5.73 Å². The van der Waals surface area contributed by atoms with Crippen LogP contribution in [0.15, 0.2) is 18.2 Å². The minimum absolute atomic E-state index is 0.337. The number of carbonyl (C=O) groups is 1. The van der Waals surface area contributed by atoms with E-state index in [0.29, 0.717) is 17.0 Å². The zero-order chi connectivity index (χ0) is 11.3. The summed E-state index contributed by atoms with van der Waals surface area (Å²) in [5, 5.41) is 0. The molecule has 78 valence electrons. The maximum Gasteiger partial charge on any atom is 0.339 e. The summed E-state index contributed by atoms with van der Waals surface area (Å²) in [5.41, 5.74) is 7.08. The Balaban J connectivity index is 3.10. The van der Waals surface area contributed by atoms with Crippen LogP contribution in [0.1, 0.15) is 15.9 Å². The smallest absolute Gasteiger partial charge is 0.339 e. The van der Waals surface area contributed by atoms with E-state index in [1.807, 2.05) is 0 Å². The molecule has 2 N–H and O–H groups in total. The van der Waals surface area contributed by atoms with Gasteiger partial charge in [0.15, 0.2) is 0 Å². The Kier molecular flexibility index (Phi) is 4.07. The van der Waals surface area contributed by atoms with Crippen molar-refractivity contribution in [2.75, 3.05) is 18.6 Å². The number of ether oxygens (including phenoxy) is 1. The Bertz CT molecular complexity index is 432. The number of hydrogen-bond acceptors (Lipinski definition) is 4. The third kappa shape index (κ3) is 2.93. The molecule has 0 radical (unpaired) electrons.